The molecular formula is C29H20F6O3. The lowest BCUT2D eigenvalue weighted by atomic mass is 9.98. The van der Waals surface area contributed by atoms with E-state index >= 15 is 0 Å². The zero-order chi connectivity index (χ0) is 27.3. The number of Topliss-reactive ketones (excluding diaryl/α,β-unsaturated/α-hetero) is 1. The molecule has 9 heteroatoms. The van der Waals surface area contributed by atoms with E-state index < -0.39 is 12.7 Å². The zero-order valence-electron chi connectivity index (χ0n) is 19.6. The Balaban J connectivity index is 1.32. The van der Waals surface area contributed by atoms with Gasteiger partial charge in [-0.2, -0.15) is 0 Å². The van der Waals surface area contributed by atoms with Gasteiger partial charge in [-0.3, -0.25) is 4.79 Å². The summed E-state index contributed by atoms with van der Waals surface area (Å²) in [4.78, 5) is 12.6. The van der Waals surface area contributed by atoms with Crippen molar-refractivity contribution in [2.75, 3.05) is 0 Å². The Hall–Kier alpha value is -4.27. The molecule has 4 aromatic rings. The summed E-state index contributed by atoms with van der Waals surface area (Å²) >= 11 is 0. The van der Waals surface area contributed by atoms with Crippen LogP contribution in [0.15, 0.2) is 97.1 Å². The number of carbonyl (C=O) groups is 1. The van der Waals surface area contributed by atoms with E-state index in [1.165, 1.54) is 48.5 Å². The first-order valence-corrected chi connectivity index (χ1v) is 11.4. The van der Waals surface area contributed by atoms with Crippen molar-refractivity contribution in [3.8, 4) is 33.8 Å². The summed E-state index contributed by atoms with van der Waals surface area (Å²) in [5, 5.41) is 0. The van der Waals surface area contributed by atoms with Gasteiger partial charge in [0.1, 0.15) is 17.3 Å². The van der Waals surface area contributed by atoms with Crippen LogP contribution < -0.4 is 9.47 Å². The van der Waals surface area contributed by atoms with Crippen LogP contribution in [0.1, 0.15) is 11.1 Å². The summed E-state index contributed by atoms with van der Waals surface area (Å²) in [5.41, 5.74) is 4.59. The fourth-order valence-corrected chi connectivity index (χ4v) is 3.85. The first-order chi connectivity index (χ1) is 17.9. The van der Waals surface area contributed by atoms with E-state index in [-0.39, 0.29) is 30.1 Å². The predicted octanol–water partition coefficient (Wildman–Crippen LogP) is 8.17. The normalized spacial score (nSPS) is 11.7. The molecule has 0 saturated heterocycles. The van der Waals surface area contributed by atoms with E-state index in [4.69, 9.17) is 0 Å². The van der Waals surface area contributed by atoms with Crippen LogP contribution >= 0.6 is 0 Å². The molecule has 4 aromatic carbocycles. The second-order valence-corrected chi connectivity index (χ2v) is 8.43. The second kappa shape index (κ2) is 11.0. The molecule has 0 aliphatic heterocycles. The van der Waals surface area contributed by atoms with E-state index in [2.05, 4.69) is 9.47 Å². The average Bonchev–Trinajstić information content (AvgIpc) is 2.84. The molecule has 0 atom stereocenters. The van der Waals surface area contributed by atoms with Crippen molar-refractivity contribution in [1.82, 2.24) is 0 Å². The summed E-state index contributed by atoms with van der Waals surface area (Å²) in [6.45, 7) is 0. The molecule has 0 aliphatic carbocycles. The van der Waals surface area contributed by atoms with Crippen molar-refractivity contribution < 1.29 is 40.6 Å². The van der Waals surface area contributed by atoms with Crippen molar-refractivity contribution in [2.45, 2.75) is 25.6 Å². The van der Waals surface area contributed by atoms with Crippen molar-refractivity contribution in [3.63, 3.8) is 0 Å². The maximum Gasteiger partial charge on any atom is 0.573 e. The second-order valence-electron chi connectivity index (χ2n) is 8.43. The number of benzene rings is 4. The summed E-state index contributed by atoms with van der Waals surface area (Å²) < 4.78 is 81.6. The van der Waals surface area contributed by atoms with Crippen LogP contribution in [0.2, 0.25) is 0 Å². The van der Waals surface area contributed by atoms with Gasteiger partial charge in [-0.15, -0.1) is 26.3 Å². The van der Waals surface area contributed by atoms with E-state index in [1.807, 2.05) is 0 Å². The third-order valence-corrected chi connectivity index (χ3v) is 5.55. The van der Waals surface area contributed by atoms with E-state index in [9.17, 15) is 31.1 Å². The molecule has 0 heterocycles. The van der Waals surface area contributed by atoms with Gasteiger partial charge in [-0.05, 0) is 57.6 Å². The third-order valence-electron chi connectivity index (χ3n) is 5.55. The highest BCUT2D eigenvalue weighted by Crippen LogP contribution is 2.28. The number of ether oxygens (including phenoxy) is 2. The quantitative estimate of drug-likeness (QED) is 0.216. The van der Waals surface area contributed by atoms with Gasteiger partial charge >= 0.3 is 12.7 Å². The Morgan fingerprint density at radius 3 is 1.00 bits per heavy atom. The largest absolute Gasteiger partial charge is 0.573 e. The highest BCUT2D eigenvalue weighted by molar-refractivity contribution is 5.83. The number of halogens is 6. The number of rotatable bonds is 8. The zero-order valence-corrected chi connectivity index (χ0v) is 19.6. The Morgan fingerprint density at radius 2 is 0.737 bits per heavy atom. The number of ketones is 1. The maximum atomic E-state index is 12.6. The standard InChI is InChI=1S/C29H20F6O3/c30-28(31,32)37-26-13-9-23(10-14-26)21-5-1-19(2-6-21)17-25(36)18-20-3-7-22(8-4-20)24-11-15-27(16-12-24)38-29(33,34)35/h1-16H,17-18H2. The van der Waals surface area contributed by atoms with Gasteiger partial charge in [0.05, 0.1) is 0 Å². The van der Waals surface area contributed by atoms with Crippen LogP contribution in [0.4, 0.5) is 26.3 Å². The first kappa shape index (κ1) is 26.8. The highest BCUT2D eigenvalue weighted by atomic mass is 19.4. The summed E-state index contributed by atoms with van der Waals surface area (Å²) in [5.74, 6) is -0.609. The van der Waals surface area contributed by atoms with Gasteiger partial charge in [0, 0.05) is 12.8 Å². The van der Waals surface area contributed by atoms with Gasteiger partial charge in [0.15, 0.2) is 0 Å². The minimum absolute atomic E-state index is 0.00666. The van der Waals surface area contributed by atoms with Gasteiger partial charge in [-0.1, -0.05) is 72.8 Å². The average molecular weight is 530 g/mol. The van der Waals surface area contributed by atoms with Crippen LogP contribution in [-0.2, 0) is 17.6 Å². The van der Waals surface area contributed by atoms with E-state index in [0.717, 1.165) is 22.3 Å². The Kier molecular flexibility index (Phi) is 7.75. The lowest BCUT2D eigenvalue weighted by Gasteiger charge is -2.10. The molecule has 3 nitrogen and oxygen atoms in total. The maximum absolute atomic E-state index is 12.6. The lowest BCUT2D eigenvalue weighted by molar-refractivity contribution is -0.275. The van der Waals surface area contributed by atoms with Crippen LogP contribution in [0, 0.1) is 0 Å². The van der Waals surface area contributed by atoms with Crippen molar-refractivity contribution >= 4 is 5.78 Å². The molecule has 0 radical (unpaired) electrons. The molecule has 4 rings (SSSR count). The van der Waals surface area contributed by atoms with Crippen LogP contribution in [0.3, 0.4) is 0 Å². The Bertz CT molecular complexity index is 1250. The fraction of sp³-hybridized carbons (Fsp3) is 0.138. The van der Waals surface area contributed by atoms with Crippen LogP contribution in [0.25, 0.3) is 22.3 Å². The molecule has 0 fully saturated rings. The number of hydrogen-bond acceptors (Lipinski definition) is 3. The molecule has 0 unspecified atom stereocenters. The smallest absolute Gasteiger partial charge is 0.406 e. The molecule has 0 bridgehead atoms. The number of hydrogen-bond donors (Lipinski definition) is 0. The minimum Gasteiger partial charge on any atom is -0.406 e. The van der Waals surface area contributed by atoms with Gasteiger partial charge in [0.25, 0.3) is 0 Å². The molecule has 0 aliphatic rings. The van der Waals surface area contributed by atoms with Crippen molar-refractivity contribution in [2.24, 2.45) is 0 Å². The van der Waals surface area contributed by atoms with Gasteiger partial charge < -0.3 is 9.47 Å². The molecule has 0 saturated carbocycles. The number of alkyl halides is 6. The van der Waals surface area contributed by atoms with Gasteiger partial charge in [-0.25, -0.2) is 0 Å². The first-order valence-electron chi connectivity index (χ1n) is 11.4. The van der Waals surface area contributed by atoms with E-state index in [0.29, 0.717) is 11.1 Å². The van der Waals surface area contributed by atoms with Crippen LogP contribution in [-0.4, -0.2) is 18.5 Å². The van der Waals surface area contributed by atoms with Gasteiger partial charge in [0.2, 0.25) is 0 Å². The molecule has 196 valence electrons. The van der Waals surface area contributed by atoms with E-state index in [1.54, 1.807) is 48.5 Å². The minimum atomic E-state index is -4.75. The Labute approximate surface area is 214 Å². The molecule has 0 amide bonds. The summed E-state index contributed by atoms with van der Waals surface area (Å²) in [7, 11) is 0. The molecule has 0 aromatic heterocycles. The third kappa shape index (κ3) is 7.86. The molecule has 38 heavy (non-hydrogen) atoms. The molecule has 0 N–H and O–H groups in total. The highest BCUT2D eigenvalue weighted by Gasteiger charge is 2.31. The van der Waals surface area contributed by atoms with Crippen molar-refractivity contribution in [3.05, 3.63) is 108 Å². The molecular weight excluding hydrogens is 510 g/mol. The van der Waals surface area contributed by atoms with Crippen LogP contribution in [0.5, 0.6) is 11.5 Å². The monoisotopic (exact) mass is 530 g/mol. The lowest BCUT2D eigenvalue weighted by Crippen LogP contribution is -2.16. The predicted molar refractivity (Wildman–Crippen MR) is 130 cm³/mol. The summed E-state index contributed by atoms with van der Waals surface area (Å²) in [6.07, 6.45) is -9.08. The topological polar surface area (TPSA) is 35.5 Å². The SMILES string of the molecule is O=C(Cc1ccc(-c2ccc(OC(F)(F)F)cc2)cc1)Cc1ccc(-c2ccc(OC(F)(F)F)cc2)cc1. The number of carbonyl (C=O) groups excluding carboxylic acids is 1. The summed E-state index contributed by atoms with van der Waals surface area (Å²) in [6, 6.07) is 25.4. The molecule has 0 spiro atoms. The van der Waals surface area contributed by atoms with Crippen molar-refractivity contribution in [1.29, 1.82) is 0 Å². The Morgan fingerprint density at radius 1 is 0.474 bits per heavy atom. The fourth-order valence-electron chi connectivity index (χ4n) is 3.85.